The van der Waals surface area contributed by atoms with E-state index in [0.29, 0.717) is 0 Å². The zero-order valence-corrected chi connectivity index (χ0v) is 21.9. The molecule has 0 unspecified atom stereocenters. The van der Waals surface area contributed by atoms with Gasteiger partial charge in [0.15, 0.2) is 0 Å². The standard InChI is InChI=1S/C26H30O8S2/c1-21-6-10-25(11-7-21)35(27,28)33-16-14-31-19-23-4-3-5-24(18-23)20-32-15-17-34-36(29,30)26-12-8-22(2)9-13-26/h3-13,18H,14-17,19-20H2,1-2H3. The molecule has 0 fully saturated rings. The Morgan fingerprint density at radius 2 is 0.944 bits per heavy atom. The molecule has 0 radical (unpaired) electrons. The minimum atomic E-state index is -3.82. The third-order valence-electron chi connectivity index (χ3n) is 5.08. The Bertz CT molecular complexity index is 1220. The molecule has 0 atom stereocenters. The van der Waals surface area contributed by atoms with Crippen LogP contribution in [0.4, 0.5) is 0 Å². The smallest absolute Gasteiger partial charge is 0.297 e. The summed E-state index contributed by atoms with van der Waals surface area (Å²) in [5.41, 5.74) is 3.69. The van der Waals surface area contributed by atoms with Crippen LogP contribution >= 0.6 is 0 Å². The summed E-state index contributed by atoms with van der Waals surface area (Å²) in [6.07, 6.45) is 0. The van der Waals surface area contributed by atoms with Crippen LogP contribution in [0.3, 0.4) is 0 Å². The molecule has 194 valence electrons. The zero-order valence-electron chi connectivity index (χ0n) is 20.3. The van der Waals surface area contributed by atoms with Crippen molar-refractivity contribution in [2.24, 2.45) is 0 Å². The maximum absolute atomic E-state index is 12.2. The van der Waals surface area contributed by atoms with Crippen molar-refractivity contribution in [1.29, 1.82) is 0 Å². The van der Waals surface area contributed by atoms with Gasteiger partial charge in [-0.25, -0.2) is 0 Å². The first-order chi connectivity index (χ1) is 17.2. The average molecular weight is 535 g/mol. The van der Waals surface area contributed by atoms with Gasteiger partial charge in [-0.15, -0.1) is 0 Å². The molecule has 0 heterocycles. The largest absolute Gasteiger partial charge is 0.374 e. The predicted molar refractivity (Wildman–Crippen MR) is 134 cm³/mol. The van der Waals surface area contributed by atoms with Crippen molar-refractivity contribution in [2.75, 3.05) is 26.4 Å². The van der Waals surface area contributed by atoms with Crippen LogP contribution in [0.25, 0.3) is 0 Å². The molecule has 3 aromatic rings. The molecule has 0 bridgehead atoms. The Hall–Kier alpha value is -2.60. The minimum Gasteiger partial charge on any atom is -0.374 e. The van der Waals surface area contributed by atoms with E-state index in [4.69, 9.17) is 17.8 Å². The van der Waals surface area contributed by atoms with Crippen molar-refractivity contribution in [3.05, 3.63) is 95.1 Å². The normalized spacial score (nSPS) is 12.1. The van der Waals surface area contributed by atoms with Crippen LogP contribution in [-0.4, -0.2) is 43.3 Å². The van der Waals surface area contributed by atoms with Crippen molar-refractivity contribution >= 4 is 20.2 Å². The Morgan fingerprint density at radius 3 is 1.33 bits per heavy atom. The van der Waals surface area contributed by atoms with Gasteiger partial charge in [0.25, 0.3) is 20.2 Å². The van der Waals surface area contributed by atoms with Crippen molar-refractivity contribution in [1.82, 2.24) is 0 Å². The summed E-state index contributed by atoms with van der Waals surface area (Å²) in [6, 6.07) is 20.4. The highest BCUT2D eigenvalue weighted by Gasteiger charge is 2.15. The van der Waals surface area contributed by atoms with Crippen LogP contribution in [0.15, 0.2) is 82.6 Å². The monoisotopic (exact) mass is 534 g/mol. The molecule has 3 aromatic carbocycles. The molecule has 36 heavy (non-hydrogen) atoms. The van der Waals surface area contributed by atoms with E-state index >= 15 is 0 Å². The average Bonchev–Trinajstić information content (AvgIpc) is 2.84. The number of hydrogen-bond acceptors (Lipinski definition) is 8. The SMILES string of the molecule is Cc1ccc(S(=O)(=O)OCCOCc2cccc(COCCOS(=O)(=O)c3ccc(C)cc3)c2)cc1. The molecule has 0 aliphatic heterocycles. The summed E-state index contributed by atoms with van der Waals surface area (Å²) in [5, 5.41) is 0. The van der Waals surface area contributed by atoms with E-state index in [0.717, 1.165) is 22.3 Å². The van der Waals surface area contributed by atoms with E-state index in [1.54, 1.807) is 24.3 Å². The molecule has 0 saturated carbocycles. The number of ether oxygens (including phenoxy) is 2. The molecule has 0 saturated heterocycles. The van der Waals surface area contributed by atoms with Gasteiger partial charge in [-0.2, -0.15) is 16.8 Å². The van der Waals surface area contributed by atoms with Crippen molar-refractivity contribution in [3.8, 4) is 0 Å². The van der Waals surface area contributed by atoms with Crippen LogP contribution in [0, 0.1) is 13.8 Å². The van der Waals surface area contributed by atoms with Gasteiger partial charge < -0.3 is 9.47 Å². The van der Waals surface area contributed by atoms with Gasteiger partial charge in [-0.05, 0) is 49.2 Å². The fourth-order valence-corrected chi connectivity index (χ4v) is 4.93. The lowest BCUT2D eigenvalue weighted by atomic mass is 10.1. The Morgan fingerprint density at radius 1 is 0.556 bits per heavy atom. The molecule has 0 N–H and O–H groups in total. The molecule has 8 nitrogen and oxygen atoms in total. The summed E-state index contributed by atoms with van der Waals surface area (Å²) in [6.45, 7) is 4.34. The Labute approximate surface area is 213 Å². The van der Waals surface area contributed by atoms with E-state index in [1.165, 1.54) is 24.3 Å². The molecular weight excluding hydrogens is 504 g/mol. The lowest BCUT2D eigenvalue weighted by Gasteiger charge is -2.09. The van der Waals surface area contributed by atoms with Gasteiger partial charge in [0, 0.05) is 0 Å². The Balaban J connectivity index is 1.35. The quantitative estimate of drug-likeness (QED) is 0.224. The summed E-state index contributed by atoms with van der Waals surface area (Å²) in [4.78, 5) is 0.220. The maximum Gasteiger partial charge on any atom is 0.297 e. The predicted octanol–water partition coefficient (Wildman–Crippen LogP) is 4.15. The first kappa shape index (κ1) is 28.0. The number of benzene rings is 3. The highest BCUT2D eigenvalue weighted by Crippen LogP contribution is 2.15. The summed E-state index contributed by atoms with van der Waals surface area (Å²) in [5.74, 6) is 0. The lowest BCUT2D eigenvalue weighted by molar-refractivity contribution is 0.0877. The van der Waals surface area contributed by atoms with E-state index in [-0.39, 0.29) is 49.4 Å². The van der Waals surface area contributed by atoms with Crippen molar-refractivity contribution in [3.63, 3.8) is 0 Å². The van der Waals surface area contributed by atoms with Gasteiger partial charge in [-0.1, -0.05) is 59.7 Å². The van der Waals surface area contributed by atoms with Crippen LogP contribution in [0.5, 0.6) is 0 Å². The van der Waals surface area contributed by atoms with Crippen LogP contribution in [0.2, 0.25) is 0 Å². The van der Waals surface area contributed by atoms with E-state index < -0.39 is 20.2 Å². The van der Waals surface area contributed by atoms with Gasteiger partial charge >= 0.3 is 0 Å². The van der Waals surface area contributed by atoms with E-state index in [9.17, 15) is 16.8 Å². The highest BCUT2D eigenvalue weighted by molar-refractivity contribution is 7.87. The topological polar surface area (TPSA) is 105 Å². The molecule has 10 heteroatoms. The van der Waals surface area contributed by atoms with Gasteiger partial charge in [0.2, 0.25) is 0 Å². The molecule has 0 spiro atoms. The molecule has 0 aliphatic rings. The van der Waals surface area contributed by atoms with Gasteiger partial charge in [0.1, 0.15) is 0 Å². The first-order valence-corrected chi connectivity index (χ1v) is 14.1. The summed E-state index contributed by atoms with van der Waals surface area (Å²) >= 11 is 0. The first-order valence-electron chi connectivity index (χ1n) is 11.3. The van der Waals surface area contributed by atoms with Crippen LogP contribution in [0.1, 0.15) is 22.3 Å². The summed E-state index contributed by atoms with van der Waals surface area (Å²) in [7, 11) is -7.63. The molecule has 0 aromatic heterocycles. The third kappa shape index (κ3) is 8.81. The van der Waals surface area contributed by atoms with Crippen LogP contribution < -0.4 is 0 Å². The lowest BCUT2D eigenvalue weighted by Crippen LogP contribution is -2.12. The van der Waals surface area contributed by atoms with E-state index in [1.807, 2.05) is 38.1 Å². The number of hydrogen-bond donors (Lipinski definition) is 0. The fourth-order valence-electron chi connectivity index (χ4n) is 3.14. The molecule has 0 amide bonds. The maximum atomic E-state index is 12.2. The summed E-state index contributed by atoms with van der Waals surface area (Å²) < 4.78 is 69.8. The third-order valence-corrected chi connectivity index (χ3v) is 7.73. The minimum absolute atomic E-state index is 0.0928. The van der Waals surface area contributed by atoms with Gasteiger partial charge in [-0.3, -0.25) is 8.37 Å². The number of aryl methyl sites for hydroxylation is 2. The fraction of sp³-hybridized carbons (Fsp3) is 0.308. The van der Waals surface area contributed by atoms with E-state index in [2.05, 4.69) is 0 Å². The van der Waals surface area contributed by atoms with Crippen molar-refractivity contribution in [2.45, 2.75) is 36.9 Å². The second kappa shape index (κ2) is 13.1. The second-order valence-electron chi connectivity index (χ2n) is 8.10. The Kier molecular flexibility index (Phi) is 10.2. The number of rotatable bonds is 14. The molecular formula is C26H30O8S2. The van der Waals surface area contributed by atoms with Gasteiger partial charge in [0.05, 0.1) is 49.4 Å². The van der Waals surface area contributed by atoms with Crippen molar-refractivity contribution < 1.29 is 34.7 Å². The highest BCUT2D eigenvalue weighted by atomic mass is 32.2. The molecule has 3 rings (SSSR count). The second-order valence-corrected chi connectivity index (χ2v) is 11.3. The molecule has 0 aliphatic carbocycles. The zero-order chi connectivity index (χ0) is 26.0. The van der Waals surface area contributed by atoms with Crippen LogP contribution in [-0.2, 0) is 51.3 Å².